The number of rotatable bonds is 6. The predicted molar refractivity (Wildman–Crippen MR) is 77.7 cm³/mol. The summed E-state index contributed by atoms with van der Waals surface area (Å²) in [5.74, 6) is 0.0506. The van der Waals surface area contributed by atoms with Crippen LogP contribution in [0.5, 0.6) is 0 Å². The minimum Gasteiger partial charge on any atom is -0.469 e. The van der Waals surface area contributed by atoms with Gasteiger partial charge < -0.3 is 10.1 Å². The van der Waals surface area contributed by atoms with Gasteiger partial charge in [0.2, 0.25) is 5.91 Å². The van der Waals surface area contributed by atoms with Crippen LogP contribution in [-0.2, 0) is 20.7 Å². The van der Waals surface area contributed by atoms with Crippen molar-refractivity contribution >= 4 is 28.3 Å². The number of aryl methyl sites for hydroxylation is 1. The highest BCUT2D eigenvalue weighted by Crippen LogP contribution is 2.26. The highest BCUT2D eigenvalue weighted by atomic mass is 32.1. The Hall–Kier alpha value is -1.43. The molecule has 5 nitrogen and oxygen atoms in total. The minimum absolute atomic E-state index is 0.0953. The van der Waals surface area contributed by atoms with Gasteiger partial charge in [0.15, 0.2) is 5.13 Å². The van der Waals surface area contributed by atoms with Gasteiger partial charge >= 0.3 is 5.97 Å². The average molecular weight is 296 g/mol. The second-order valence-electron chi connectivity index (χ2n) is 5.04. The standard InChI is InChI=1S/C14H20N2O3S/c1-19-12(17)8-4-7-11-9-20-14(15-11)16-13(18)10-5-2-3-6-10/h9-10H,2-8H2,1H3,(H,15,16,18). The zero-order chi connectivity index (χ0) is 14.4. The van der Waals surface area contributed by atoms with Crippen molar-refractivity contribution in [2.75, 3.05) is 12.4 Å². The van der Waals surface area contributed by atoms with Gasteiger partial charge in [0.1, 0.15) is 0 Å². The molecule has 20 heavy (non-hydrogen) atoms. The Balaban J connectivity index is 1.76. The lowest BCUT2D eigenvalue weighted by Crippen LogP contribution is -2.20. The molecule has 110 valence electrons. The lowest BCUT2D eigenvalue weighted by atomic mass is 10.1. The Morgan fingerprint density at radius 2 is 2.20 bits per heavy atom. The van der Waals surface area contributed by atoms with Crippen LogP contribution in [0.4, 0.5) is 5.13 Å². The van der Waals surface area contributed by atoms with E-state index in [1.54, 1.807) is 0 Å². The first-order chi connectivity index (χ1) is 9.69. The van der Waals surface area contributed by atoms with Crippen LogP contribution < -0.4 is 5.32 Å². The van der Waals surface area contributed by atoms with Crippen molar-refractivity contribution in [1.82, 2.24) is 4.98 Å². The minimum atomic E-state index is -0.199. The number of thiazole rings is 1. The maximum Gasteiger partial charge on any atom is 0.305 e. The third-order valence-corrected chi connectivity index (χ3v) is 4.36. The van der Waals surface area contributed by atoms with Gasteiger partial charge in [0.25, 0.3) is 0 Å². The van der Waals surface area contributed by atoms with Crippen LogP contribution in [0.15, 0.2) is 5.38 Å². The van der Waals surface area contributed by atoms with Crippen molar-refractivity contribution < 1.29 is 14.3 Å². The van der Waals surface area contributed by atoms with Crippen LogP contribution >= 0.6 is 11.3 Å². The number of amides is 1. The molecule has 1 amide bonds. The number of hydrogen-bond acceptors (Lipinski definition) is 5. The topological polar surface area (TPSA) is 68.3 Å². The normalized spacial score (nSPS) is 15.2. The fourth-order valence-corrected chi connectivity index (χ4v) is 3.14. The third-order valence-electron chi connectivity index (χ3n) is 3.55. The summed E-state index contributed by atoms with van der Waals surface area (Å²) in [6.45, 7) is 0. The molecular weight excluding hydrogens is 276 g/mol. The average Bonchev–Trinajstić information content (AvgIpc) is 3.10. The van der Waals surface area contributed by atoms with Crippen molar-refractivity contribution in [2.24, 2.45) is 5.92 Å². The SMILES string of the molecule is COC(=O)CCCc1csc(NC(=O)C2CCCC2)n1. The number of aromatic nitrogens is 1. The summed E-state index contributed by atoms with van der Waals surface area (Å²) in [6, 6.07) is 0. The molecule has 0 radical (unpaired) electrons. The zero-order valence-electron chi connectivity index (χ0n) is 11.7. The van der Waals surface area contributed by atoms with Crippen molar-refractivity contribution in [2.45, 2.75) is 44.9 Å². The van der Waals surface area contributed by atoms with E-state index in [0.29, 0.717) is 18.0 Å². The number of hydrogen-bond donors (Lipinski definition) is 1. The van der Waals surface area contributed by atoms with Gasteiger partial charge in [-0.1, -0.05) is 12.8 Å². The molecule has 0 spiro atoms. The summed E-state index contributed by atoms with van der Waals surface area (Å²) in [6.07, 6.45) is 6.12. The van der Waals surface area contributed by atoms with Crippen molar-refractivity contribution in [3.05, 3.63) is 11.1 Å². The van der Waals surface area contributed by atoms with E-state index < -0.39 is 0 Å². The smallest absolute Gasteiger partial charge is 0.305 e. The molecule has 1 aromatic heterocycles. The molecular formula is C14H20N2O3S. The summed E-state index contributed by atoms with van der Waals surface area (Å²) in [7, 11) is 1.39. The van der Waals surface area contributed by atoms with E-state index in [1.165, 1.54) is 18.4 Å². The van der Waals surface area contributed by atoms with Crippen molar-refractivity contribution in [3.63, 3.8) is 0 Å². The Morgan fingerprint density at radius 1 is 1.45 bits per heavy atom. The molecule has 0 saturated heterocycles. The van der Waals surface area contributed by atoms with E-state index in [4.69, 9.17) is 0 Å². The molecule has 1 aliphatic carbocycles. The number of nitrogens with zero attached hydrogens (tertiary/aromatic N) is 1. The van der Waals surface area contributed by atoms with Crippen LogP contribution in [-0.4, -0.2) is 24.0 Å². The molecule has 0 atom stereocenters. The Bertz CT molecular complexity index is 467. The second-order valence-corrected chi connectivity index (χ2v) is 5.90. The van der Waals surface area contributed by atoms with Gasteiger partial charge in [-0.15, -0.1) is 11.3 Å². The maximum atomic E-state index is 12.0. The molecule has 0 unspecified atom stereocenters. The quantitative estimate of drug-likeness (QED) is 0.820. The number of nitrogens with one attached hydrogen (secondary N) is 1. The molecule has 0 bridgehead atoms. The van der Waals surface area contributed by atoms with Crippen LogP contribution in [0.1, 0.15) is 44.2 Å². The third kappa shape index (κ3) is 4.30. The summed E-state index contributed by atoms with van der Waals surface area (Å²) in [4.78, 5) is 27.3. The first-order valence-corrected chi connectivity index (χ1v) is 7.89. The molecule has 2 rings (SSSR count). The number of methoxy groups -OCH3 is 1. The van der Waals surface area contributed by atoms with Crippen LogP contribution in [0.25, 0.3) is 0 Å². The van der Waals surface area contributed by atoms with E-state index >= 15 is 0 Å². The summed E-state index contributed by atoms with van der Waals surface area (Å²) in [5, 5.41) is 5.49. The molecule has 1 aliphatic rings. The summed E-state index contributed by atoms with van der Waals surface area (Å²) < 4.78 is 4.59. The number of carbonyl (C=O) groups excluding carboxylic acids is 2. The number of esters is 1. The highest BCUT2D eigenvalue weighted by Gasteiger charge is 2.23. The Labute approximate surface area is 122 Å². The summed E-state index contributed by atoms with van der Waals surface area (Å²) >= 11 is 1.44. The largest absolute Gasteiger partial charge is 0.469 e. The Kier molecular flexibility index (Phi) is 5.52. The van der Waals surface area contributed by atoms with Gasteiger partial charge in [-0.3, -0.25) is 9.59 Å². The fourth-order valence-electron chi connectivity index (χ4n) is 2.39. The fraction of sp³-hybridized carbons (Fsp3) is 0.643. The molecule has 1 aromatic rings. The molecule has 1 heterocycles. The molecule has 0 aliphatic heterocycles. The van der Waals surface area contributed by atoms with E-state index in [1.807, 2.05) is 5.38 Å². The lowest BCUT2D eigenvalue weighted by molar-refractivity contribution is -0.140. The van der Waals surface area contributed by atoms with E-state index in [0.717, 1.165) is 37.8 Å². The van der Waals surface area contributed by atoms with Crippen molar-refractivity contribution in [3.8, 4) is 0 Å². The summed E-state index contributed by atoms with van der Waals surface area (Å²) in [5.41, 5.74) is 0.917. The van der Waals surface area contributed by atoms with E-state index in [2.05, 4.69) is 15.0 Å². The van der Waals surface area contributed by atoms with Crippen LogP contribution in [0.2, 0.25) is 0 Å². The first-order valence-electron chi connectivity index (χ1n) is 7.01. The van der Waals surface area contributed by atoms with Gasteiger partial charge in [-0.25, -0.2) is 4.98 Å². The van der Waals surface area contributed by atoms with Gasteiger partial charge in [0, 0.05) is 17.7 Å². The molecule has 1 N–H and O–H groups in total. The molecule has 1 saturated carbocycles. The monoisotopic (exact) mass is 296 g/mol. The van der Waals surface area contributed by atoms with Crippen molar-refractivity contribution in [1.29, 1.82) is 0 Å². The van der Waals surface area contributed by atoms with Gasteiger partial charge in [-0.05, 0) is 25.7 Å². The second kappa shape index (κ2) is 7.38. The molecule has 1 fully saturated rings. The Morgan fingerprint density at radius 3 is 2.90 bits per heavy atom. The van der Waals surface area contributed by atoms with E-state index in [-0.39, 0.29) is 17.8 Å². The number of carbonyl (C=O) groups is 2. The van der Waals surface area contributed by atoms with Crippen LogP contribution in [0, 0.1) is 5.92 Å². The van der Waals surface area contributed by atoms with Gasteiger partial charge in [0.05, 0.1) is 12.8 Å². The first kappa shape index (κ1) is 15.0. The van der Waals surface area contributed by atoms with Gasteiger partial charge in [-0.2, -0.15) is 0 Å². The van der Waals surface area contributed by atoms with E-state index in [9.17, 15) is 9.59 Å². The van der Waals surface area contributed by atoms with Crippen LogP contribution in [0.3, 0.4) is 0 Å². The molecule has 0 aromatic carbocycles. The maximum absolute atomic E-state index is 12.0. The zero-order valence-corrected chi connectivity index (χ0v) is 12.5. The number of ether oxygens (including phenoxy) is 1. The number of anilines is 1. The molecule has 6 heteroatoms. The predicted octanol–water partition coefficient (Wildman–Crippen LogP) is 2.77. The highest BCUT2D eigenvalue weighted by molar-refractivity contribution is 7.13. The lowest BCUT2D eigenvalue weighted by Gasteiger charge is -2.07.